The van der Waals surface area contributed by atoms with Crippen LogP contribution in [0.15, 0.2) is 30.6 Å². The molecule has 0 fully saturated rings. The van der Waals surface area contributed by atoms with E-state index in [9.17, 15) is 0 Å². The molecule has 1 heterocycles. The van der Waals surface area contributed by atoms with Gasteiger partial charge in [0.25, 0.3) is 0 Å². The Hall–Kier alpha value is -2.50. The van der Waals surface area contributed by atoms with Crippen LogP contribution in [0.4, 0.5) is 17.2 Å². The zero-order chi connectivity index (χ0) is 14.4. The van der Waals surface area contributed by atoms with Crippen LogP contribution in [0.1, 0.15) is 13.8 Å². The first-order chi connectivity index (χ1) is 9.76. The molecule has 3 N–H and O–H groups in total. The third kappa shape index (κ3) is 3.09. The standard InChI is InChI=1S/C14H18N4O2/c1-3-19-11-8-6-5-7-10(11)18-13-12(15)14(20-4-2)17-9-16-13/h5-9H,3-4,15H2,1-2H3,(H,16,17,18). The summed E-state index contributed by atoms with van der Waals surface area (Å²) < 4.78 is 10.9. The van der Waals surface area contributed by atoms with Crippen molar-refractivity contribution in [2.24, 2.45) is 0 Å². The zero-order valence-electron chi connectivity index (χ0n) is 11.6. The molecular formula is C14H18N4O2. The molecule has 20 heavy (non-hydrogen) atoms. The number of anilines is 3. The van der Waals surface area contributed by atoms with E-state index in [1.165, 1.54) is 6.33 Å². The maximum atomic E-state index is 5.99. The Labute approximate surface area is 118 Å². The molecular weight excluding hydrogens is 256 g/mol. The van der Waals surface area contributed by atoms with Gasteiger partial charge in [0.1, 0.15) is 17.8 Å². The quantitative estimate of drug-likeness (QED) is 0.842. The van der Waals surface area contributed by atoms with Gasteiger partial charge in [-0.2, -0.15) is 4.98 Å². The highest BCUT2D eigenvalue weighted by Crippen LogP contribution is 2.31. The second kappa shape index (κ2) is 6.60. The second-order valence-corrected chi connectivity index (χ2v) is 3.93. The number of hydrogen-bond donors (Lipinski definition) is 2. The van der Waals surface area contributed by atoms with Crippen molar-refractivity contribution < 1.29 is 9.47 Å². The summed E-state index contributed by atoms with van der Waals surface area (Å²) in [5, 5.41) is 3.14. The smallest absolute Gasteiger partial charge is 0.242 e. The number of hydrogen-bond acceptors (Lipinski definition) is 6. The van der Waals surface area contributed by atoms with Crippen molar-refractivity contribution in [1.29, 1.82) is 0 Å². The summed E-state index contributed by atoms with van der Waals surface area (Å²) in [7, 11) is 0. The summed E-state index contributed by atoms with van der Waals surface area (Å²) in [4.78, 5) is 8.13. The third-order valence-electron chi connectivity index (χ3n) is 2.57. The Morgan fingerprint density at radius 3 is 2.60 bits per heavy atom. The molecule has 6 heteroatoms. The number of benzene rings is 1. The minimum absolute atomic E-state index is 0.374. The number of nitrogen functional groups attached to an aromatic ring is 1. The number of aromatic nitrogens is 2. The Morgan fingerprint density at radius 2 is 1.85 bits per heavy atom. The predicted molar refractivity (Wildman–Crippen MR) is 78.5 cm³/mol. The number of ether oxygens (including phenoxy) is 2. The number of nitrogens with zero attached hydrogens (tertiary/aromatic N) is 2. The number of nitrogens with one attached hydrogen (secondary N) is 1. The molecule has 0 spiro atoms. The van der Waals surface area contributed by atoms with Crippen LogP contribution in [0.2, 0.25) is 0 Å². The first kappa shape index (κ1) is 13.9. The second-order valence-electron chi connectivity index (χ2n) is 3.93. The van der Waals surface area contributed by atoms with Crippen molar-refractivity contribution in [2.45, 2.75) is 13.8 Å². The van der Waals surface area contributed by atoms with Gasteiger partial charge >= 0.3 is 0 Å². The van der Waals surface area contributed by atoms with Gasteiger partial charge in [0, 0.05) is 0 Å². The highest BCUT2D eigenvalue weighted by molar-refractivity contribution is 5.74. The first-order valence-electron chi connectivity index (χ1n) is 6.48. The zero-order valence-corrected chi connectivity index (χ0v) is 11.6. The van der Waals surface area contributed by atoms with Crippen LogP contribution in [0.3, 0.4) is 0 Å². The molecule has 0 aliphatic heterocycles. The Bertz CT molecular complexity index is 575. The van der Waals surface area contributed by atoms with Crippen molar-refractivity contribution in [2.75, 3.05) is 24.3 Å². The van der Waals surface area contributed by atoms with E-state index in [1.807, 2.05) is 38.1 Å². The van der Waals surface area contributed by atoms with E-state index in [-0.39, 0.29) is 0 Å². The minimum atomic E-state index is 0.374. The summed E-state index contributed by atoms with van der Waals surface area (Å²) in [5.74, 6) is 1.61. The van der Waals surface area contributed by atoms with Gasteiger partial charge in [-0.15, -0.1) is 0 Å². The van der Waals surface area contributed by atoms with E-state index < -0.39 is 0 Å². The van der Waals surface area contributed by atoms with Crippen molar-refractivity contribution >= 4 is 17.2 Å². The molecule has 2 aromatic rings. The molecule has 0 saturated heterocycles. The number of para-hydroxylation sites is 2. The molecule has 0 aliphatic carbocycles. The van der Waals surface area contributed by atoms with Crippen LogP contribution in [0, 0.1) is 0 Å². The van der Waals surface area contributed by atoms with Gasteiger partial charge < -0.3 is 20.5 Å². The average Bonchev–Trinajstić information content (AvgIpc) is 2.46. The van der Waals surface area contributed by atoms with Crippen LogP contribution in [0.5, 0.6) is 11.6 Å². The van der Waals surface area contributed by atoms with Gasteiger partial charge in [-0.25, -0.2) is 4.98 Å². The van der Waals surface area contributed by atoms with E-state index in [1.54, 1.807) is 0 Å². The van der Waals surface area contributed by atoms with Gasteiger partial charge in [-0.3, -0.25) is 0 Å². The molecule has 106 valence electrons. The van der Waals surface area contributed by atoms with Crippen LogP contribution in [-0.2, 0) is 0 Å². The Balaban J connectivity index is 2.28. The van der Waals surface area contributed by atoms with E-state index in [0.29, 0.717) is 30.6 Å². The molecule has 6 nitrogen and oxygen atoms in total. The summed E-state index contributed by atoms with van der Waals surface area (Å²) in [6, 6.07) is 7.59. The third-order valence-corrected chi connectivity index (χ3v) is 2.57. The average molecular weight is 274 g/mol. The predicted octanol–water partition coefficient (Wildman–Crippen LogP) is 2.60. The van der Waals surface area contributed by atoms with Gasteiger partial charge in [-0.05, 0) is 26.0 Å². The molecule has 0 saturated carbocycles. The normalized spacial score (nSPS) is 10.1. The molecule has 0 radical (unpaired) electrons. The van der Waals surface area contributed by atoms with Crippen molar-refractivity contribution in [3.63, 3.8) is 0 Å². The topological polar surface area (TPSA) is 82.3 Å². The minimum Gasteiger partial charge on any atom is -0.492 e. The van der Waals surface area contributed by atoms with Crippen LogP contribution in [0.25, 0.3) is 0 Å². The lowest BCUT2D eigenvalue weighted by atomic mass is 10.3. The molecule has 0 bridgehead atoms. The Morgan fingerprint density at radius 1 is 1.10 bits per heavy atom. The lowest BCUT2D eigenvalue weighted by molar-refractivity contribution is 0.328. The molecule has 0 atom stereocenters. The lowest BCUT2D eigenvalue weighted by Crippen LogP contribution is -2.06. The molecule has 1 aromatic heterocycles. The maximum Gasteiger partial charge on any atom is 0.242 e. The molecule has 1 aromatic carbocycles. The highest BCUT2D eigenvalue weighted by atomic mass is 16.5. The van der Waals surface area contributed by atoms with Crippen molar-refractivity contribution in [3.05, 3.63) is 30.6 Å². The van der Waals surface area contributed by atoms with Gasteiger partial charge in [0.05, 0.1) is 18.9 Å². The SMILES string of the molecule is CCOc1ccccc1Nc1ncnc(OCC)c1N. The van der Waals surface area contributed by atoms with Crippen LogP contribution < -0.4 is 20.5 Å². The fourth-order valence-corrected chi connectivity index (χ4v) is 1.71. The largest absolute Gasteiger partial charge is 0.492 e. The monoisotopic (exact) mass is 274 g/mol. The van der Waals surface area contributed by atoms with E-state index >= 15 is 0 Å². The van der Waals surface area contributed by atoms with Gasteiger partial charge in [0.2, 0.25) is 5.88 Å². The highest BCUT2D eigenvalue weighted by Gasteiger charge is 2.11. The summed E-state index contributed by atoms with van der Waals surface area (Å²) in [6.45, 7) is 4.89. The van der Waals surface area contributed by atoms with Crippen LogP contribution in [-0.4, -0.2) is 23.2 Å². The summed E-state index contributed by atoms with van der Waals surface area (Å²) in [5.41, 5.74) is 7.16. The van der Waals surface area contributed by atoms with Crippen molar-refractivity contribution in [1.82, 2.24) is 9.97 Å². The number of rotatable bonds is 6. The first-order valence-corrected chi connectivity index (χ1v) is 6.48. The fourth-order valence-electron chi connectivity index (χ4n) is 1.71. The van der Waals surface area contributed by atoms with E-state index in [4.69, 9.17) is 15.2 Å². The van der Waals surface area contributed by atoms with Crippen LogP contribution >= 0.6 is 0 Å². The van der Waals surface area contributed by atoms with Crippen molar-refractivity contribution in [3.8, 4) is 11.6 Å². The summed E-state index contributed by atoms with van der Waals surface area (Å²) in [6.07, 6.45) is 1.41. The maximum absolute atomic E-state index is 5.99. The molecule has 0 amide bonds. The molecule has 2 rings (SSSR count). The van der Waals surface area contributed by atoms with E-state index in [2.05, 4.69) is 15.3 Å². The van der Waals surface area contributed by atoms with Gasteiger partial charge in [0.15, 0.2) is 5.82 Å². The Kier molecular flexibility index (Phi) is 4.60. The van der Waals surface area contributed by atoms with E-state index in [0.717, 1.165) is 11.4 Å². The molecule has 0 unspecified atom stereocenters. The summed E-state index contributed by atoms with van der Waals surface area (Å²) >= 11 is 0. The van der Waals surface area contributed by atoms with Gasteiger partial charge in [-0.1, -0.05) is 12.1 Å². The lowest BCUT2D eigenvalue weighted by Gasteiger charge is -2.14. The fraction of sp³-hybridized carbons (Fsp3) is 0.286. The number of nitrogens with two attached hydrogens (primary N) is 1. The molecule has 0 aliphatic rings.